The van der Waals surface area contributed by atoms with Crippen molar-refractivity contribution in [3.8, 4) is 0 Å². The summed E-state index contributed by atoms with van der Waals surface area (Å²) in [6.45, 7) is 4.11. The van der Waals surface area contributed by atoms with Gasteiger partial charge in [0.1, 0.15) is 11.6 Å². The fourth-order valence-electron chi connectivity index (χ4n) is 3.75. The molecule has 4 aromatic rings. The molecule has 6 heteroatoms. The van der Waals surface area contributed by atoms with Crippen molar-refractivity contribution < 1.29 is 8.78 Å². The number of hydrogen-bond donors (Lipinski definition) is 1. The van der Waals surface area contributed by atoms with Crippen LogP contribution >= 0.6 is 12.2 Å². The molecule has 0 aliphatic heterocycles. The molecule has 0 saturated heterocycles. The highest BCUT2D eigenvalue weighted by Gasteiger charge is 2.16. The van der Waals surface area contributed by atoms with E-state index < -0.39 is 11.6 Å². The van der Waals surface area contributed by atoms with Gasteiger partial charge in [0, 0.05) is 48.5 Å². The predicted octanol–water partition coefficient (Wildman–Crippen LogP) is 6.34. The summed E-state index contributed by atoms with van der Waals surface area (Å²) < 4.78 is 29.5. The van der Waals surface area contributed by atoms with Gasteiger partial charge in [-0.15, -0.1) is 0 Å². The first-order chi connectivity index (χ1) is 15.0. The fourth-order valence-corrected chi connectivity index (χ4v) is 3.99. The molecule has 0 atom stereocenters. The molecule has 31 heavy (non-hydrogen) atoms. The Labute approximate surface area is 185 Å². The summed E-state index contributed by atoms with van der Waals surface area (Å²) in [5.41, 5.74) is 3.70. The molecule has 0 spiro atoms. The Morgan fingerprint density at radius 1 is 0.935 bits per heavy atom. The smallest absolute Gasteiger partial charge is 0.174 e. The molecule has 0 fully saturated rings. The summed E-state index contributed by atoms with van der Waals surface area (Å²) in [7, 11) is 0. The van der Waals surface area contributed by atoms with Crippen LogP contribution in [0.15, 0.2) is 79.0 Å². The quantitative estimate of drug-likeness (QED) is 0.357. The Morgan fingerprint density at radius 3 is 2.32 bits per heavy atom. The van der Waals surface area contributed by atoms with Gasteiger partial charge >= 0.3 is 0 Å². The molecule has 4 rings (SSSR count). The fraction of sp³-hybridized carbons (Fsp3) is 0.160. The lowest BCUT2D eigenvalue weighted by atomic mass is 10.1. The van der Waals surface area contributed by atoms with Crippen LogP contribution < -0.4 is 5.32 Å². The second-order valence-electron chi connectivity index (χ2n) is 7.39. The second kappa shape index (κ2) is 9.27. The highest BCUT2D eigenvalue weighted by molar-refractivity contribution is 7.80. The molecule has 0 bridgehead atoms. The van der Waals surface area contributed by atoms with Crippen molar-refractivity contribution in [2.75, 3.05) is 5.32 Å². The third kappa shape index (κ3) is 4.91. The van der Waals surface area contributed by atoms with Gasteiger partial charge in [-0.2, -0.15) is 0 Å². The molecule has 0 aliphatic rings. The van der Waals surface area contributed by atoms with E-state index >= 15 is 0 Å². The zero-order chi connectivity index (χ0) is 21.8. The van der Waals surface area contributed by atoms with E-state index in [9.17, 15) is 8.78 Å². The zero-order valence-electron chi connectivity index (χ0n) is 17.2. The standard InChI is InChI=1S/C25H23F2N3S/c1-2-29-16-19(23-10-6-7-11-24(23)29)17-30(15-18-8-4-3-5-9-18)25(31)28-22-13-20(26)12-21(27)14-22/h3-14,16H,2,15,17H2,1H3,(H,28,31). The number of thiocarbonyl (C=S) groups is 1. The maximum atomic E-state index is 13.6. The predicted molar refractivity (Wildman–Crippen MR) is 126 cm³/mol. The van der Waals surface area contributed by atoms with Gasteiger partial charge in [-0.05, 0) is 48.5 Å². The molecule has 0 aliphatic carbocycles. The van der Waals surface area contributed by atoms with Crippen LogP contribution in [0.4, 0.5) is 14.5 Å². The number of aromatic nitrogens is 1. The van der Waals surface area contributed by atoms with E-state index in [0.29, 0.717) is 18.2 Å². The summed E-state index contributed by atoms with van der Waals surface area (Å²) in [5.74, 6) is -1.29. The Bertz CT molecular complexity index is 1180. The minimum Gasteiger partial charge on any atom is -0.347 e. The molecule has 0 saturated carbocycles. The number of para-hydroxylation sites is 1. The Morgan fingerprint density at radius 2 is 1.61 bits per heavy atom. The largest absolute Gasteiger partial charge is 0.347 e. The van der Waals surface area contributed by atoms with Crippen molar-refractivity contribution in [1.82, 2.24) is 9.47 Å². The molecular formula is C25H23F2N3S. The summed E-state index contributed by atoms with van der Waals surface area (Å²) in [5, 5.41) is 4.58. The van der Waals surface area contributed by atoms with Crippen molar-refractivity contribution >= 4 is 33.9 Å². The van der Waals surface area contributed by atoms with E-state index in [0.717, 1.165) is 23.7 Å². The monoisotopic (exact) mass is 435 g/mol. The molecule has 0 amide bonds. The van der Waals surface area contributed by atoms with Crippen LogP contribution in [0.2, 0.25) is 0 Å². The van der Waals surface area contributed by atoms with Crippen molar-refractivity contribution in [2.24, 2.45) is 0 Å². The van der Waals surface area contributed by atoms with Gasteiger partial charge in [0.05, 0.1) is 0 Å². The Kier molecular flexibility index (Phi) is 6.28. The summed E-state index contributed by atoms with van der Waals surface area (Å²) >= 11 is 5.66. The molecule has 3 aromatic carbocycles. The SMILES string of the molecule is CCn1cc(CN(Cc2ccccc2)C(=S)Nc2cc(F)cc(F)c2)c2ccccc21. The van der Waals surface area contributed by atoms with E-state index in [1.807, 2.05) is 47.4 Å². The van der Waals surface area contributed by atoms with Crippen molar-refractivity contribution in [3.63, 3.8) is 0 Å². The van der Waals surface area contributed by atoms with E-state index in [-0.39, 0.29) is 5.69 Å². The Balaban J connectivity index is 1.65. The first-order valence-corrected chi connectivity index (χ1v) is 10.6. The zero-order valence-corrected chi connectivity index (χ0v) is 18.0. The number of aryl methyl sites for hydroxylation is 1. The van der Waals surface area contributed by atoms with Crippen LogP contribution in [0.5, 0.6) is 0 Å². The van der Waals surface area contributed by atoms with Gasteiger partial charge in [0.25, 0.3) is 0 Å². The van der Waals surface area contributed by atoms with Crippen molar-refractivity contribution in [1.29, 1.82) is 0 Å². The van der Waals surface area contributed by atoms with Crippen LogP contribution in [0.1, 0.15) is 18.1 Å². The van der Waals surface area contributed by atoms with Crippen LogP contribution in [0.3, 0.4) is 0 Å². The second-order valence-corrected chi connectivity index (χ2v) is 7.77. The lowest BCUT2D eigenvalue weighted by molar-refractivity contribution is 0.414. The van der Waals surface area contributed by atoms with E-state index in [2.05, 4.69) is 35.1 Å². The first kappa shape index (κ1) is 21.0. The lowest BCUT2D eigenvalue weighted by Gasteiger charge is -2.26. The van der Waals surface area contributed by atoms with Crippen LogP contribution in [-0.4, -0.2) is 14.6 Å². The molecular weight excluding hydrogens is 412 g/mol. The maximum absolute atomic E-state index is 13.6. The van der Waals surface area contributed by atoms with Crippen molar-refractivity contribution in [3.05, 3.63) is 102 Å². The van der Waals surface area contributed by atoms with Gasteiger partial charge in [-0.3, -0.25) is 0 Å². The van der Waals surface area contributed by atoms with Crippen LogP contribution in [-0.2, 0) is 19.6 Å². The number of rotatable bonds is 6. The molecule has 1 aromatic heterocycles. The van der Waals surface area contributed by atoms with Gasteiger partial charge in [-0.1, -0.05) is 48.5 Å². The minimum atomic E-state index is -0.647. The molecule has 0 radical (unpaired) electrons. The lowest BCUT2D eigenvalue weighted by Crippen LogP contribution is -2.33. The van der Waals surface area contributed by atoms with Gasteiger partial charge < -0.3 is 14.8 Å². The number of fused-ring (bicyclic) bond motifs is 1. The average molecular weight is 436 g/mol. The third-order valence-electron chi connectivity index (χ3n) is 5.19. The molecule has 158 valence electrons. The average Bonchev–Trinajstić information content (AvgIpc) is 3.11. The first-order valence-electron chi connectivity index (χ1n) is 10.2. The van der Waals surface area contributed by atoms with Gasteiger partial charge in [0.2, 0.25) is 0 Å². The van der Waals surface area contributed by atoms with Gasteiger partial charge in [-0.25, -0.2) is 8.78 Å². The molecule has 3 nitrogen and oxygen atoms in total. The van der Waals surface area contributed by atoms with Crippen LogP contribution in [0.25, 0.3) is 10.9 Å². The summed E-state index contributed by atoms with van der Waals surface area (Å²) in [4.78, 5) is 2.01. The third-order valence-corrected chi connectivity index (χ3v) is 5.55. The van der Waals surface area contributed by atoms with Gasteiger partial charge in [0.15, 0.2) is 5.11 Å². The summed E-state index contributed by atoms with van der Waals surface area (Å²) in [6.07, 6.45) is 2.15. The molecule has 1 heterocycles. The van der Waals surface area contributed by atoms with E-state index in [1.165, 1.54) is 23.0 Å². The van der Waals surface area contributed by atoms with Crippen LogP contribution in [0, 0.1) is 11.6 Å². The number of anilines is 1. The minimum absolute atomic E-state index is 0.288. The van der Waals surface area contributed by atoms with E-state index in [4.69, 9.17) is 12.2 Å². The topological polar surface area (TPSA) is 20.2 Å². The number of hydrogen-bond acceptors (Lipinski definition) is 1. The highest BCUT2D eigenvalue weighted by atomic mass is 32.1. The molecule has 0 unspecified atom stereocenters. The summed E-state index contributed by atoms with van der Waals surface area (Å²) in [6, 6.07) is 21.6. The van der Waals surface area contributed by atoms with Crippen molar-refractivity contribution in [2.45, 2.75) is 26.6 Å². The number of benzene rings is 3. The number of halogens is 2. The van der Waals surface area contributed by atoms with E-state index in [1.54, 1.807) is 0 Å². The Hall–Kier alpha value is -3.25. The normalized spacial score (nSPS) is 10.9. The number of nitrogens with one attached hydrogen (secondary N) is 1. The maximum Gasteiger partial charge on any atom is 0.174 e. The number of nitrogens with zero attached hydrogens (tertiary/aromatic N) is 2. The highest BCUT2D eigenvalue weighted by Crippen LogP contribution is 2.24. The molecule has 1 N–H and O–H groups in total.